The smallest absolute Gasteiger partial charge is 0.219 e. The molecule has 0 radical (unpaired) electrons. The van der Waals surface area contributed by atoms with Gasteiger partial charge in [-0.1, -0.05) is 0 Å². The van der Waals surface area contributed by atoms with Crippen LogP contribution in [-0.4, -0.2) is 33.9 Å². The van der Waals surface area contributed by atoms with Crippen LogP contribution in [0.2, 0.25) is 0 Å². The van der Waals surface area contributed by atoms with Gasteiger partial charge >= 0.3 is 0 Å². The van der Waals surface area contributed by atoms with E-state index in [0.29, 0.717) is 5.92 Å². The standard InChI is InChI=1S/C12H17N3O/c1-8-6-9(2)14-12(13-8)11-4-5-15(7-11)10(3)16/h6,11H,4-5,7H2,1-3H3/t11-/m1/s1. The molecule has 1 aromatic rings. The molecule has 0 saturated carbocycles. The summed E-state index contributed by atoms with van der Waals surface area (Å²) < 4.78 is 0. The molecule has 2 rings (SSSR count). The van der Waals surface area contributed by atoms with Gasteiger partial charge in [0.25, 0.3) is 0 Å². The van der Waals surface area contributed by atoms with Crippen LogP contribution in [0.3, 0.4) is 0 Å². The maximum absolute atomic E-state index is 11.2. The van der Waals surface area contributed by atoms with E-state index in [4.69, 9.17) is 0 Å². The van der Waals surface area contributed by atoms with E-state index in [1.54, 1.807) is 6.92 Å². The molecule has 1 amide bonds. The number of likely N-dealkylation sites (tertiary alicyclic amines) is 1. The van der Waals surface area contributed by atoms with Crippen molar-refractivity contribution in [1.29, 1.82) is 0 Å². The zero-order chi connectivity index (χ0) is 11.7. The Morgan fingerprint density at radius 2 is 2.00 bits per heavy atom. The topological polar surface area (TPSA) is 46.1 Å². The number of carbonyl (C=O) groups is 1. The minimum atomic E-state index is 0.145. The quantitative estimate of drug-likeness (QED) is 0.717. The first-order valence-corrected chi connectivity index (χ1v) is 5.64. The number of hydrogen-bond acceptors (Lipinski definition) is 3. The fraction of sp³-hybridized carbons (Fsp3) is 0.583. The second kappa shape index (κ2) is 4.20. The van der Waals surface area contributed by atoms with E-state index < -0.39 is 0 Å². The van der Waals surface area contributed by atoms with Crippen molar-refractivity contribution in [2.75, 3.05) is 13.1 Å². The molecule has 1 atom stereocenters. The Balaban J connectivity index is 2.17. The monoisotopic (exact) mass is 219 g/mol. The molecule has 0 aliphatic carbocycles. The van der Waals surface area contributed by atoms with Crippen LogP contribution in [0.4, 0.5) is 0 Å². The summed E-state index contributed by atoms with van der Waals surface area (Å²) in [5.74, 6) is 1.34. The molecular formula is C12H17N3O. The fourth-order valence-corrected chi connectivity index (χ4v) is 2.19. The van der Waals surface area contributed by atoms with Crippen LogP contribution in [0.15, 0.2) is 6.07 Å². The molecule has 16 heavy (non-hydrogen) atoms. The van der Waals surface area contributed by atoms with Gasteiger partial charge in [0, 0.05) is 37.3 Å². The van der Waals surface area contributed by atoms with Gasteiger partial charge in [-0.3, -0.25) is 4.79 Å². The van der Waals surface area contributed by atoms with E-state index in [1.807, 2.05) is 24.8 Å². The number of nitrogens with zero attached hydrogens (tertiary/aromatic N) is 3. The van der Waals surface area contributed by atoms with Gasteiger partial charge in [0.15, 0.2) is 0 Å². The molecule has 0 unspecified atom stereocenters. The molecule has 0 bridgehead atoms. The third-order valence-corrected chi connectivity index (χ3v) is 3.00. The lowest BCUT2D eigenvalue weighted by Crippen LogP contribution is -2.25. The lowest BCUT2D eigenvalue weighted by atomic mass is 10.1. The van der Waals surface area contributed by atoms with Crippen LogP contribution in [0.1, 0.15) is 36.5 Å². The van der Waals surface area contributed by atoms with Crippen molar-refractivity contribution in [3.8, 4) is 0 Å². The van der Waals surface area contributed by atoms with E-state index >= 15 is 0 Å². The zero-order valence-electron chi connectivity index (χ0n) is 10.0. The third kappa shape index (κ3) is 2.21. The number of hydrogen-bond donors (Lipinski definition) is 0. The van der Waals surface area contributed by atoms with Crippen molar-refractivity contribution in [2.24, 2.45) is 0 Å². The highest BCUT2D eigenvalue weighted by atomic mass is 16.2. The normalized spacial score (nSPS) is 20.2. The van der Waals surface area contributed by atoms with Crippen molar-refractivity contribution in [3.05, 3.63) is 23.3 Å². The second-order valence-corrected chi connectivity index (χ2v) is 4.46. The van der Waals surface area contributed by atoms with Gasteiger partial charge < -0.3 is 4.90 Å². The number of rotatable bonds is 1. The minimum absolute atomic E-state index is 0.145. The molecule has 4 nitrogen and oxygen atoms in total. The molecule has 0 aromatic carbocycles. The highest BCUT2D eigenvalue weighted by Crippen LogP contribution is 2.24. The minimum Gasteiger partial charge on any atom is -0.342 e. The fourth-order valence-electron chi connectivity index (χ4n) is 2.19. The second-order valence-electron chi connectivity index (χ2n) is 4.46. The maximum atomic E-state index is 11.2. The maximum Gasteiger partial charge on any atom is 0.219 e. The van der Waals surface area contributed by atoms with E-state index in [2.05, 4.69) is 9.97 Å². The summed E-state index contributed by atoms with van der Waals surface area (Å²) in [6.45, 7) is 7.17. The van der Waals surface area contributed by atoms with E-state index in [9.17, 15) is 4.79 Å². The molecular weight excluding hydrogens is 202 g/mol. The Labute approximate surface area is 95.7 Å². The molecule has 1 aliphatic rings. The number of amides is 1. The summed E-state index contributed by atoms with van der Waals surface area (Å²) in [5, 5.41) is 0. The molecule has 1 aromatic heterocycles. The third-order valence-electron chi connectivity index (χ3n) is 3.00. The lowest BCUT2D eigenvalue weighted by molar-refractivity contribution is -0.127. The van der Waals surface area contributed by atoms with E-state index in [-0.39, 0.29) is 5.91 Å². The molecule has 1 aliphatic heterocycles. The average molecular weight is 219 g/mol. The van der Waals surface area contributed by atoms with Crippen LogP contribution < -0.4 is 0 Å². The van der Waals surface area contributed by atoms with Crippen LogP contribution in [0, 0.1) is 13.8 Å². The molecule has 0 N–H and O–H groups in total. The van der Waals surface area contributed by atoms with Crippen LogP contribution in [0.25, 0.3) is 0 Å². The molecule has 4 heteroatoms. The lowest BCUT2D eigenvalue weighted by Gasteiger charge is -2.13. The van der Waals surface area contributed by atoms with Crippen molar-refractivity contribution < 1.29 is 4.79 Å². The molecule has 2 heterocycles. The average Bonchev–Trinajstić information content (AvgIpc) is 2.64. The van der Waals surface area contributed by atoms with Crippen LogP contribution in [0.5, 0.6) is 0 Å². The van der Waals surface area contributed by atoms with Crippen molar-refractivity contribution >= 4 is 5.91 Å². The molecule has 0 spiro atoms. The van der Waals surface area contributed by atoms with Crippen LogP contribution in [-0.2, 0) is 4.79 Å². The Hall–Kier alpha value is -1.45. The molecule has 86 valence electrons. The van der Waals surface area contributed by atoms with E-state index in [0.717, 1.165) is 36.7 Å². The zero-order valence-corrected chi connectivity index (χ0v) is 10.0. The summed E-state index contributed by atoms with van der Waals surface area (Å²) >= 11 is 0. The van der Waals surface area contributed by atoms with Gasteiger partial charge in [0.1, 0.15) is 5.82 Å². The molecule has 1 saturated heterocycles. The summed E-state index contributed by atoms with van der Waals surface area (Å²) in [5.41, 5.74) is 2.01. The van der Waals surface area contributed by atoms with Gasteiger partial charge in [-0.15, -0.1) is 0 Å². The van der Waals surface area contributed by atoms with Gasteiger partial charge in [0.05, 0.1) is 0 Å². The summed E-state index contributed by atoms with van der Waals surface area (Å²) in [6.07, 6.45) is 0.975. The van der Waals surface area contributed by atoms with Crippen molar-refractivity contribution in [1.82, 2.24) is 14.9 Å². The molecule has 1 fully saturated rings. The summed E-state index contributed by atoms with van der Waals surface area (Å²) in [4.78, 5) is 22.0. The van der Waals surface area contributed by atoms with Crippen LogP contribution >= 0.6 is 0 Å². The first kappa shape index (κ1) is 11.0. The van der Waals surface area contributed by atoms with Gasteiger partial charge in [-0.2, -0.15) is 0 Å². The van der Waals surface area contributed by atoms with Gasteiger partial charge in [-0.25, -0.2) is 9.97 Å². The summed E-state index contributed by atoms with van der Waals surface area (Å²) in [6, 6.07) is 1.97. The first-order valence-electron chi connectivity index (χ1n) is 5.64. The highest BCUT2D eigenvalue weighted by Gasteiger charge is 2.27. The van der Waals surface area contributed by atoms with Gasteiger partial charge in [-0.05, 0) is 26.3 Å². The van der Waals surface area contributed by atoms with E-state index in [1.165, 1.54) is 0 Å². The SMILES string of the molecule is CC(=O)N1CC[C@@H](c2nc(C)cc(C)n2)C1. The Kier molecular flexibility index (Phi) is 2.90. The highest BCUT2D eigenvalue weighted by molar-refractivity contribution is 5.73. The first-order chi connectivity index (χ1) is 7.56. The van der Waals surface area contributed by atoms with Gasteiger partial charge in [0.2, 0.25) is 5.91 Å². The Morgan fingerprint density at radius 1 is 1.38 bits per heavy atom. The Bertz CT molecular complexity index is 396. The number of aryl methyl sites for hydroxylation is 2. The largest absolute Gasteiger partial charge is 0.342 e. The Morgan fingerprint density at radius 3 is 2.50 bits per heavy atom. The number of carbonyl (C=O) groups excluding carboxylic acids is 1. The number of aromatic nitrogens is 2. The predicted molar refractivity (Wildman–Crippen MR) is 61.1 cm³/mol. The van der Waals surface area contributed by atoms with Crippen molar-refractivity contribution in [3.63, 3.8) is 0 Å². The predicted octanol–water partition coefficient (Wildman–Crippen LogP) is 1.43. The summed E-state index contributed by atoms with van der Waals surface area (Å²) in [7, 11) is 0. The van der Waals surface area contributed by atoms with Crippen molar-refractivity contribution in [2.45, 2.75) is 33.1 Å².